The summed E-state index contributed by atoms with van der Waals surface area (Å²) in [6, 6.07) is 3.50. The van der Waals surface area contributed by atoms with Crippen LogP contribution in [0, 0.1) is 11.3 Å². The van der Waals surface area contributed by atoms with Gasteiger partial charge in [-0.05, 0) is 108 Å². The van der Waals surface area contributed by atoms with E-state index in [9.17, 15) is 14.7 Å². The molecule has 1 aromatic heterocycles. The van der Waals surface area contributed by atoms with Crippen molar-refractivity contribution in [3.8, 4) is 0 Å². The topological polar surface area (TPSA) is 104 Å². The van der Waals surface area contributed by atoms with Gasteiger partial charge in [-0.15, -0.1) is 0 Å². The highest BCUT2D eigenvalue weighted by Gasteiger charge is 2.57. The van der Waals surface area contributed by atoms with Gasteiger partial charge in [0.15, 0.2) is 0 Å². The highest BCUT2D eigenvalue weighted by atomic mass is 16.5. The van der Waals surface area contributed by atoms with Crippen LogP contribution < -0.4 is 10.6 Å². The quantitative estimate of drug-likeness (QED) is 0.304. The Kier molecular flexibility index (Phi) is 9.11. The van der Waals surface area contributed by atoms with Gasteiger partial charge in [0.1, 0.15) is 11.9 Å². The van der Waals surface area contributed by atoms with Gasteiger partial charge >= 0.3 is 5.97 Å². The van der Waals surface area contributed by atoms with Crippen LogP contribution in [0.4, 0.5) is 5.82 Å². The van der Waals surface area contributed by atoms with E-state index in [2.05, 4.69) is 27.7 Å². The summed E-state index contributed by atoms with van der Waals surface area (Å²) >= 11 is 0. The molecule has 3 N–H and O–H groups in total. The van der Waals surface area contributed by atoms with Crippen LogP contribution in [0.3, 0.4) is 0 Å². The normalized spacial score (nSPS) is 22.9. The van der Waals surface area contributed by atoms with E-state index in [-0.39, 0.29) is 16.9 Å². The number of ether oxygens (including phenoxy) is 1. The van der Waals surface area contributed by atoms with Crippen LogP contribution in [-0.4, -0.2) is 71.3 Å². The number of carbonyl (C=O) groups is 2. The average Bonchev–Trinajstić information content (AvgIpc) is 2.79. The zero-order valence-electron chi connectivity index (χ0n) is 23.0. The molecule has 37 heavy (non-hydrogen) atoms. The number of carboxylic acids is 1. The van der Waals surface area contributed by atoms with Crippen molar-refractivity contribution in [2.45, 2.75) is 96.6 Å². The number of fused-ring (bicyclic) bond motifs is 1. The molecular weight excluding hydrogens is 468 g/mol. The van der Waals surface area contributed by atoms with Gasteiger partial charge in [-0.1, -0.05) is 6.07 Å². The first-order valence-electron chi connectivity index (χ1n) is 14.2. The third-order valence-corrected chi connectivity index (χ3v) is 8.12. The van der Waals surface area contributed by atoms with E-state index in [0.717, 1.165) is 88.4 Å². The number of pyridine rings is 1. The molecule has 0 radical (unpaired) electrons. The Morgan fingerprint density at radius 2 is 2.00 bits per heavy atom. The van der Waals surface area contributed by atoms with Gasteiger partial charge in [-0.3, -0.25) is 4.79 Å². The minimum absolute atomic E-state index is 0.111. The Morgan fingerprint density at radius 1 is 1.22 bits per heavy atom. The molecule has 5 rings (SSSR count). The van der Waals surface area contributed by atoms with E-state index < -0.39 is 12.0 Å². The summed E-state index contributed by atoms with van der Waals surface area (Å²) < 4.78 is 5.94. The van der Waals surface area contributed by atoms with E-state index >= 15 is 0 Å². The highest BCUT2D eigenvalue weighted by Crippen LogP contribution is 2.66. The first kappa shape index (κ1) is 27.8. The predicted molar refractivity (Wildman–Crippen MR) is 145 cm³/mol. The van der Waals surface area contributed by atoms with Crippen LogP contribution in [0.1, 0.15) is 83.4 Å². The summed E-state index contributed by atoms with van der Waals surface area (Å²) in [5.74, 6) is 0.788. The van der Waals surface area contributed by atoms with Crippen molar-refractivity contribution in [3.63, 3.8) is 0 Å². The monoisotopic (exact) mass is 514 g/mol. The first-order chi connectivity index (χ1) is 17.6. The fourth-order valence-electron chi connectivity index (χ4n) is 6.00. The fourth-order valence-corrected chi connectivity index (χ4v) is 6.00. The lowest BCUT2D eigenvalue weighted by molar-refractivity contribution is -0.149. The average molecular weight is 515 g/mol. The zero-order chi connectivity index (χ0) is 26.5. The minimum atomic E-state index is -0.955. The number of nitrogens with zero attached hydrogens (tertiary/aromatic N) is 2. The number of rotatable bonds is 15. The van der Waals surface area contributed by atoms with Crippen LogP contribution in [-0.2, 0) is 27.2 Å². The maximum Gasteiger partial charge on any atom is 0.326 e. The number of aryl methyl sites for hydroxylation is 2. The summed E-state index contributed by atoms with van der Waals surface area (Å²) in [5.41, 5.74) is 2.39. The Morgan fingerprint density at radius 3 is 2.68 bits per heavy atom. The van der Waals surface area contributed by atoms with Gasteiger partial charge in [0.05, 0.1) is 12.2 Å². The maximum absolute atomic E-state index is 12.5. The first-order valence-corrected chi connectivity index (χ1v) is 14.2. The van der Waals surface area contributed by atoms with Gasteiger partial charge < -0.3 is 25.4 Å². The molecule has 1 amide bonds. The van der Waals surface area contributed by atoms with E-state index in [1.807, 2.05) is 20.8 Å². The fraction of sp³-hybridized carbons (Fsp3) is 0.759. The molecule has 0 aromatic carbocycles. The van der Waals surface area contributed by atoms with Crippen LogP contribution in [0.5, 0.6) is 0 Å². The smallest absolute Gasteiger partial charge is 0.326 e. The van der Waals surface area contributed by atoms with Crippen molar-refractivity contribution in [2.75, 3.05) is 38.1 Å². The number of aromatic nitrogens is 1. The van der Waals surface area contributed by atoms with Gasteiger partial charge in [0.2, 0.25) is 5.91 Å². The van der Waals surface area contributed by atoms with Crippen molar-refractivity contribution in [2.24, 2.45) is 11.3 Å². The summed E-state index contributed by atoms with van der Waals surface area (Å²) in [6.07, 6.45) is 9.48. The van der Waals surface area contributed by atoms with Crippen molar-refractivity contribution in [1.82, 2.24) is 15.2 Å². The summed E-state index contributed by atoms with van der Waals surface area (Å²) in [6.45, 7) is 9.92. The van der Waals surface area contributed by atoms with E-state index in [1.165, 1.54) is 5.56 Å². The minimum Gasteiger partial charge on any atom is -0.480 e. The molecule has 2 bridgehead atoms. The second kappa shape index (κ2) is 12.1. The molecule has 1 aliphatic heterocycles. The van der Waals surface area contributed by atoms with Gasteiger partial charge in [0.25, 0.3) is 0 Å². The predicted octanol–water partition coefficient (Wildman–Crippen LogP) is 4.03. The molecule has 1 aromatic rings. The van der Waals surface area contributed by atoms with Crippen LogP contribution in [0.2, 0.25) is 0 Å². The third kappa shape index (κ3) is 8.14. The van der Waals surface area contributed by atoms with Crippen molar-refractivity contribution in [1.29, 1.82) is 0 Å². The van der Waals surface area contributed by atoms with Crippen molar-refractivity contribution >= 4 is 17.7 Å². The molecule has 0 spiro atoms. The molecule has 3 aliphatic carbocycles. The molecule has 1 unspecified atom stereocenters. The molecule has 3 saturated carbocycles. The van der Waals surface area contributed by atoms with Crippen LogP contribution in [0.25, 0.3) is 0 Å². The largest absolute Gasteiger partial charge is 0.480 e. The number of amides is 1. The third-order valence-electron chi connectivity index (χ3n) is 8.12. The molecule has 4 aliphatic rings. The van der Waals surface area contributed by atoms with Crippen LogP contribution in [0.15, 0.2) is 12.1 Å². The number of carboxylic acid groups (broad SMARTS) is 1. The van der Waals surface area contributed by atoms with E-state index in [4.69, 9.17) is 9.72 Å². The Balaban J connectivity index is 1.23. The van der Waals surface area contributed by atoms with Crippen molar-refractivity contribution in [3.05, 3.63) is 23.4 Å². The lowest BCUT2D eigenvalue weighted by Crippen LogP contribution is -2.55. The summed E-state index contributed by atoms with van der Waals surface area (Å²) in [5, 5.41) is 16.0. The standard InChI is InChI=1S/C29H46N4O4/c1-28(2,3)37-16-15-33(13-5-4-8-23-10-9-22-7-6-12-30-26(22)31-23)14-11-24(27(35)36)32-25(34)20-29-17-21(18-29)19-29/h9-10,21,24H,4-8,11-20H2,1-3H3,(H,30,31)(H,32,34)(H,35,36). The second-order valence-corrected chi connectivity index (χ2v) is 12.5. The second-order valence-electron chi connectivity index (χ2n) is 12.5. The number of nitrogens with one attached hydrogen (secondary N) is 2. The molecular formula is C29H46N4O4. The number of aliphatic carboxylic acids is 1. The van der Waals surface area contributed by atoms with E-state index in [1.54, 1.807) is 0 Å². The van der Waals surface area contributed by atoms with Gasteiger partial charge in [0, 0.05) is 31.7 Å². The molecule has 0 saturated heterocycles. The number of hydrogen-bond donors (Lipinski definition) is 3. The number of unbranched alkanes of at least 4 members (excludes halogenated alkanes) is 1. The molecule has 1 atom stereocenters. The molecule has 206 valence electrons. The lowest BCUT2D eigenvalue weighted by Gasteiger charge is -2.61. The van der Waals surface area contributed by atoms with E-state index in [0.29, 0.717) is 26.0 Å². The highest BCUT2D eigenvalue weighted by molar-refractivity contribution is 5.84. The Hall–Kier alpha value is -2.19. The Bertz CT molecular complexity index is 927. The number of carbonyl (C=O) groups excluding carboxylic acids is 1. The molecule has 2 heterocycles. The SMILES string of the molecule is CC(C)(C)OCCN(CCCCc1ccc2c(n1)NCCC2)CCC(NC(=O)CC12CC(C1)C2)C(=O)O. The Labute approximate surface area is 221 Å². The lowest BCUT2D eigenvalue weighted by atomic mass is 9.43. The molecule has 8 nitrogen and oxygen atoms in total. The van der Waals surface area contributed by atoms with Crippen LogP contribution >= 0.6 is 0 Å². The maximum atomic E-state index is 12.5. The van der Waals surface area contributed by atoms with Crippen molar-refractivity contribution < 1.29 is 19.4 Å². The molecule has 3 fully saturated rings. The molecule has 8 heteroatoms. The number of anilines is 1. The number of hydrogen-bond acceptors (Lipinski definition) is 6. The zero-order valence-corrected chi connectivity index (χ0v) is 23.0. The van der Waals surface area contributed by atoms with Gasteiger partial charge in [-0.2, -0.15) is 0 Å². The van der Waals surface area contributed by atoms with Gasteiger partial charge in [-0.25, -0.2) is 9.78 Å². The summed E-state index contributed by atoms with van der Waals surface area (Å²) in [4.78, 5) is 31.5. The summed E-state index contributed by atoms with van der Waals surface area (Å²) in [7, 11) is 0.